The van der Waals surface area contributed by atoms with E-state index in [4.69, 9.17) is 0 Å². The number of nitro groups is 1. The van der Waals surface area contributed by atoms with Gasteiger partial charge in [-0.25, -0.2) is 9.37 Å². The predicted molar refractivity (Wildman–Crippen MR) is 82.6 cm³/mol. The number of halogens is 1. The van der Waals surface area contributed by atoms with Crippen LogP contribution in [0.25, 0.3) is 22.7 Å². The normalized spacial score (nSPS) is 11.4. The first-order valence-electron chi connectivity index (χ1n) is 6.59. The molecule has 23 heavy (non-hydrogen) atoms. The number of nitriles is 1. The van der Waals surface area contributed by atoms with E-state index in [0.717, 1.165) is 0 Å². The van der Waals surface area contributed by atoms with Crippen LogP contribution in [0, 0.1) is 27.3 Å². The molecule has 7 heteroatoms. The number of nitrogens with one attached hydrogen (secondary N) is 1. The molecular formula is C16H9FN4O2. The highest BCUT2D eigenvalue weighted by molar-refractivity contribution is 5.90. The van der Waals surface area contributed by atoms with Crippen LogP contribution in [0.3, 0.4) is 0 Å². The van der Waals surface area contributed by atoms with Crippen LogP contribution < -0.4 is 0 Å². The van der Waals surface area contributed by atoms with Crippen molar-refractivity contribution in [1.82, 2.24) is 9.97 Å². The Morgan fingerprint density at radius 3 is 2.91 bits per heavy atom. The summed E-state index contributed by atoms with van der Waals surface area (Å²) in [7, 11) is 0. The Labute approximate surface area is 129 Å². The molecule has 0 aliphatic rings. The van der Waals surface area contributed by atoms with Crippen LogP contribution in [0.15, 0.2) is 42.5 Å². The van der Waals surface area contributed by atoms with Crippen LogP contribution in [0.5, 0.6) is 0 Å². The van der Waals surface area contributed by atoms with Crippen LogP contribution in [0.1, 0.15) is 11.4 Å². The molecule has 3 aromatic rings. The molecule has 0 radical (unpaired) electrons. The number of benzene rings is 2. The number of imidazole rings is 1. The Balaban J connectivity index is 2.05. The van der Waals surface area contributed by atoms with Crippen molar-refractivity contribution >= 4 is 28.4 Å². The van der Waals surface area contributed by atoms with Gasteiger partial charge in [-0.3, -0.25) is 10.1 Å². The molecular weight excluding hydrogens is 299 g/mol. The number of H-pyrrole nitrogens is 1. The molecule has 0 fully saturated rings. The Kier molecular flexibility index (Phi) is 3.57. The van der Waals surface area contributed by atoms with Crippen LogP contribution in [-0.4, -0.2) is 14.9 Å². The molecule has 6 nitrogen and oxygen atoms in total. The Morgan fingerprint density at radius 1 is 1.35 bits per heavy atom. The molecule has 3 rings (SSSR count). The SMILES string of the molecule is N#C/C(=C/c1cccc([N+](=O)[O-])c1)c1nc2ccc(F)cc2[nH]1. The van der Waals surface area contributed by atoms with E-state index in [1.165, 1.54) is 42.5 Å². The lowest BCUT2D eigenvalue weighted by Crippen LogP contribution is -1.89. The highest BCUT2D eigenvalue weighted by Gasteiger charge is 2.10. The van der Waals surface area contributed by atoms with E-state index in [1.807, 2.05) is 6.07 Å². The topological polar surface area (TPSA) is 95.6 Å². The van der Waals surface area contributed by atoms with Gasteiger partial charge in [0.05, 0.1) is 21.5 Å². The molecule has 0 atom stereocenters. The molecule has 0 saturated carbocycles. The zero-order chi connectivity index (χ0) is 16.4. The zero-order valence-corrected chi connectivity index (χ0v) is 11.7. The molecule has 0 bridgehead atoms. The van der Waals surface area contributed by atoms with E-state index < -0.39 is 10.7 Å². The van der Waals surface area contributed by atoms with E-state index in [2.05, 4.69) is 9.97 Å². The number of hydrogen-bond donors (Lipinski definition) is 1. The number of non-ortho nitro benzene ring substituents is 1. The first kappa shape index (κ1) is 14.4. The fraction of sp³-hybridized carbons (Fsp3) is 0. The van der Waals surface area contributed by atoms with Crippen molar-refractivity contribution in [3.05, 3.63) is 69.8 Å². The minimum absolute atomic E-state index is 0.0669. The van der Waals surface area contributed by atoms with Crippen molar-refractivity contribution in [3.63, 3.8) is 0 Å². The molecule has 0 aliphatic heterocycles. The highest BCUT2D eigenvalue weighted by atomic mass is 19.1. The quantitative estimate of drug-likeness (QED) is 0.453. The van der Waals surface area contributed by atoms with Crippen molar-refractivity contribution in [2.45, 2.75) is 0 Å². The van der Waals surface area contributed by atoms with Gasteiger partial charge in [-0.15, -0.1) is 0 Å². The lowest BCUT2D eigenvalue weighted by molar-refractivity contribution is -0.384. The minimum atomic E-state index is -0.507. The average Bonchev–Trinajstić information content (AvgIpc) is 2.95. The van der Waals surface area contributed by atoms with Gasteiger partial charge in [-0.1, -0.05) is 12.1 Å². The summed E-state index contributed by atoms with van der Waals surface area (Å²) in [6, 6.07) is 12.0. The van der Waals surface area contributed by atoms with Crippen molar-refractivity contribution in [3.8, 4) is 6.07 Å². The summed E-state index contributed by atoms with van der Waals surface area (Å²) in [6.45, 7) is 0. The highest BCUT2D eigenvalue weighted by Crippen LogP contribution is 2.21. The lowest BCUT2D eigenvalue weighted by atomic mass is 10.1. The molecule has 1 aromatic heterocycles. The number of nitro benzene ring substituents is 1. The van der Waals surface area contributed by atoms with E-state index in [0.29, 0.717) is 16.6 Å². The van der Waals surface area contributed by atoms with Crippen molar-refractivity contribution in [1.29, 1.82) is 5.26 Å². The molecule has 0 amide bonds. The summed E-state index contributed by atoms with van der Waals surface area (Å²) < 4.78 is 13.2. The van der Waals surface area contributed by atoms with Crippen LogP contribution in [-0.2, 0) is 0 Å². The number of allylic oxidation sites excluding steroid dienone is 1. The number of aromatic nitrogens is 2. The summed E-state index contributed by atoms with van der Waals surface area (Å²) >= 11 is 0. The van der Waals surface area contributed by atoms with Gasteiger partial charge in [0.15, 0.2) is 0 Å². The third kappa shape index (κ3) is 2.91. The Bertz CT molecular complexity index is 985. The van der Waals surface area contributed by atoms with Crippen molar-refractivity contribution in [2.24, 2.45) is 0 Å². The summed E-state index contributed by atoms with van der Waals surface area (Å²) in [6.07, 6.45) is 1.49. The number of fused-ring (bicyclic) bond motifs is 1. The molecule has 1 heterocycles. The van der Waals surface area contributed by atoms with Crippen molar-refractivity contribution in [2.75, 3.05) is 0 Å². The van der Waals surface area contributed by atoms with Gasteiger partial charge in [-0.05, 0) is 29.8 Å². The fourth-order valence-corrected chi connectivity index (χ4v) is 2.16. The third-order valence-electron chi connectivity index (χ3n) is 3.21. The summed E-state index contributed by atoms with van der Waals surface area (Å²) in [5.74, 6) is -0.131. The third-order valence-corrected chi connectivity index (χ3v) is 3.21. The maximum Gasteiger partial charge on any atom is 0.270 e. The van der Waals surface area contributed by atoms with Gasteiger partial charge in [0.2, 0.25) is 0 Å². The largest absolute Gasteiger partial charge is 0.337 e. The molecule has 0 spiro atoms. The van der Waals surface area contributed by atoms with Gasteiger partial charge in [0.25, 0.3) is 5.69 Å². The second-order valence-corrected chi connectivity index (χ2v) is 4.77. The monoisotopic (exact) mass is 308 g/mol. The van der Waals surface area contributed by atoms with Crippen molar-refractivity contribution < 1.29 is 9.31 Å². The molecule has 0 aliphatic carbocycles. The van der Waals surface area contributed by atoms with E-state index in [-0.39, 0.29) is 17.1 Å². The maximum absolute atomic E-state index is 13.2. The summed E-state index contributed by atoms with van der Waals surface area (Å²) in [5, 5.41) is 20.1. The van der Waals surface area contributed by atoms with Gasteiger partial charge in [0.1, 0.15) is 17.7 Å². The van der Waals surface area contributed by atoms with Gasteiger partial charge in [0, 0.05) is 12.1 Å². The van der Waals surface area contributed by atoms with Gasteiger partial charge >= 0.3 is 0 Å². The minimum Gasteiger partial charge on any atom is -0.337 e. The maximum atomic E-state index is 13.2. The average molecular weight is 308 g/mol. The van der Waals surface area contributed by atoms with E-state index in [9.17, 15) is 19.8 Å². The first-order valence-corrected chi connectivity index (χ1v) is 6.59. The van der Waals surface area contributed by atoms with Crippen LogP contribution >= 0.6 is 0 Å². The zero-order valence-electron chi connectivity index (χ0n) is 11.7. The van der Waals surface area contributed by atoms with E-state index >= 15 is 0 Å². The molecule has 2 aromatic carbocycles. The first-order chi connectivity index (χ1) is 11.1. The number of nitrogens with zero attached hydrogens (tertiary/aromatic N) is 3. The lowest BCUT2D eigenvalue weighted by Gasteiger charge is -1.96. The second-order valence-electron chi connectivity index (χ2n) is 4.77. The molecule has 0 unspecified atom stereocenters. The fourth-order valence-electron chi connectivity index (χ4n) is 2.16. The summed E-state index contributed by atoms with van der Waals surface area (Å²) in [4.78, 5) is 17.4. The van der Waals surface area contributed by atoms with Gasteiger partial charge in [-0.2, -0.15) is 5.26 Å². The molecule has 112 valence electrons. The van der Waals surface area contributed by atoms with Gasteiger partial charge < -0.3 is 4.98 Å². The standard InChI is InChI=1S/C16H9FN4O2/c17-12-4-5-14-15(8-12)20-16(19-14)11(9-18)6-10-2-1-3-13(7-10)21(22)23/h1-8H,(H,19,20)/b11-6-. The number of aromatic amines is 1. The second kappa shape index (κ2) is 5.69. The number of rotatable bonds is 3. The van der Waals surface area contributed by atoms with E-state index in [1.54, 1.807) is 6.07 Å². The predicted octanol–water partition coefficient (Wildman–Crippen LogP) is 3.67. The molecule has 0 saturated heterocycles. The molecule has 1 N–H and O–H groups in total. The summed E-state index contributed by atoms with van der Waals surface area (Å²) in [5.41, 5.74) is 1.63. The van der Waals surface area contributed by atoms with Crippen LogP contribution in [0.4, 0.5) is 10.1 Å². The van der Waals surface area contributed by atoms with Crippen LogP contribution in [0.2, 0.25) is 0 Å². The Hall–Kier alpha value is -3.53. The Morgan fingerprint density at radius 2 is 2.17 bits per heavy atom. The smallest absolute Gasteiger partial charge is 0.270 e. The number of hydrogen-bond acceptors (Lipinski definition) is 4.